The third-order valence-corrected chi connectivity index (χ3v) is 4.77. The lowest BCUT2D eigenvalue weighted by Crippen LogP contribution is -2.29. The number of ether oxygens (including phenoxy) is 1. The molecular weight excluding hydrogens is 380 g/mol. The molecule has 0 bridgehead atoms. The number of halogens is 1. The van der Waals surface area contributed by atoms with Gasteiger partial charge in [-0.15, -0.1) is 0 Å². The molecule has 1 aromatic heterocycles. The highest BCUT2D eigenvalue weighted by atomic mass is 35.5. The van der Waals surface area contributed by atoms with Gasteiger partial charge < -0.3 is 15.0 Å². The molecule has 0 aliphatic carbocycles. The number of hydrogen-bond donors (Lipinski definition) is 1. The topological polar surface area (TPSA) is 84.4 Å². The minimum absolute atomic E-state index is 0.0649. The summed E-state index contributed by atoms with van der Waals surface area (Å²) in [6.07, 6.45) is 2.48. The maximum atomic E-state index is 12.8. The Bertz CT molecular complexity index is 936. The molecule has 1 N–H and O–H groups in total. The summed E-state index contributed by atoms with van der Waals surface area (Å²) in [7, 11) is 1.45. The molecule has 146 valence electrons. The number of anilines is 1. The highest BCUT2D eigenvalue weighted by Crippen LogP contribution is 2.24. The predicted molar refractivity (Wildman–Crippen MR) is 107 cm³/mol. The first-order chi connectivity index (χ1) is 13.9. The first-order valence-electron chi connectivity index (χ1n) is 9.31. The van der Waals surface area contributed by atoms with Crippen LogP contribution in [0, 0.1) is 5.92 Å². The SMILES string of the molecule is [2H]c1nc(C[C@@H]2CCN(C(=O)c3ccc(NC(=O)C=C)cc3)C2)nc(OC)c1Cl. The number of benzene rings is 1. The van der Waals surface area contributed by atoms with Crippen LogP contribution in [0.2, 0.25) is 5.02 Å². The van der Waals surface area contributed by atoms with Crippen molar-refractivity contribution in [2.24, 2.45) is 5.92 Å². The van der Waals surface area contributed by atoms with E-state index in [0.717, 1.165) is 6.42 Å². The quantitative estimate of drug-likeness (QED) is 0.752. The Labute approximate surface area is 169 Å². The average molecular weight is 402 g/mol. The van der Waals surface area contributed by atoms with Crippen LogP contribution in [0.5, 0.6) is 5.88 Å². The summed E-state index contributed by atoms with van der Waals surface area (Å²) in [6.45, 7) is 4.62. The van der Waals surface area contributed by atoms with Crippen LogP contribution in [-0.2, 0) is 11.2 Å². The van der Waals surface area contributed by atoms with E-state index in [2.05, 4.69) is 21.9 Å². The maximum Gasteiger partial charge on any atom is 0.253 e. The highest BCUT2D eigenvalue weighted by molar-refractivity contribution is 6.31. The summed E-state index contributed by atoms with van der Waals surface area (Å²) in [5.41, 5.74) is 1.16. The van der Waals surface area contributed by atoms with Gasteiger partial charge in [0.2, 0.25) is 11.8 Å². The van der Waals surface area contributed by atoms with Crippen LogP contribution in [0.4, 0.5) is 5.69 Å². The second-order valence-corrected chi connectivity index (χ2v) is 6.83. The van der Waals surface area contributed by atoms with Crippen LogP contribution < -0.4 is 10.1 Å². The maximum absolute atomic E-state index is 12.8. The summed E-state index contributed by atoms with van der Waals surface area (Å²) in [5.74, 6) is 0.498. The lowest BCUT2D eigenvalue weighted by molar-refractivity contribution is -0.111. The normalized spacial score (nSPS) is 16.4. The van der Waals surface area contributed by atoms with E-state index in [1.807, 2.05) is 0 Å². The molecule has 7 nitrogen and oxygen atoms in total. The largest absolute Gasteiger partial charge is 0.480 e. The van der Waals surface area contributed by atoms with Gasteiger partial charge in [0.15, 0.2) is 0 Å². The highest BCUT2D eigenvalue weighted by Gasteiger charge is 2.28. The Kier molecular flexibility index (Phi) is 5.82. The van der Waals surface area contributed by atoms with Gasteiger partial charge in [0.05, 0.1) is 14.7 Å². The third-order valence-electron chi connectivity index (χ3n) is 4.52. The van der Waals surface area contributed by atoms with E-state index in [4.69, 9.17) is 17.7 Å². The van der Waals surface area contributed by atoms with Crippen molar-refractivity contribution < 1.29 is 15.7 Å². The second-order valence-electron chi connectivity index (χ2n) is 6.46. The van der Waals surface area contributed by atoms with Crippen LogP contribution in [0.15, 0.2) is 43.1 Å². The van der Waals surface area contributed by atoms with Gasteiger partial charge >= 0.3 is 0 Å². The van der Waals surface area contributed by atoms with Crippen LogP contribution in [-0.4, -0.2) is 46.9 Å². The van der Waals surface area contributed by atoms with E-state index in [9.17, 15) is 9.59 Å². The fraction of sp³-hybridized carbons (Fsp3) is 0.300. The lowest BCUT2D eigenvalue weighted by atomic mass is 10.0. The monoisotopic (exact) mass is 401 g/mol. The summed E-state index contributed by atoms with van der Waals surface area (Å²) in [4.78, 5) is 34.2. The first kappa shape index (κ1) is 18.4. The molecule has 0 radical (unpaired) electrons. The number of hydrogen-bond acceptors (Lipinski definition) is 5. The molecule has 0 unspecified atom stereocenters. The molecule has 0 saturated carbocycles. The molecule has 1 aliphatic heterocycles. The van der Waals surface area contributed by atoms with E-state index in [1.165, 1.54) is 13.2 Å². The predicted octanol–water partition coefficient (Wildman–Crippen LogP) is 2.97. The van der Waals surface area contributed by atoms with Crippen LogP contribution in [0.3, 0.4) is 0 Å². The fourth-order valence-corrected chi connectivity index (χ4v) is 3.25. The Hall–Kier alpha value is -2.93. The molecule has 1 aromatic carbocycles. The van der Waals surface area contributed by atoms with Crippen LogP contribution >= 0.6 is 11.6 Å². The van der Waals surface area contributed by atoms with E-state index < -0.39 is 0 Å². The second kappa shape index (κ2) is 8.84. The smallest absolute Gasteiger partial charge is 0.253 e. The van der Waals surface area contributed by atoms with Gasteiger partial charge in [-0.2, -0.15) is 4.98 Å². The van der Waals surface area contributed by atoms with Crippen LogP contribution in [0.25, 0.3) is 0 Å². The van der Waals surface area contributed by atoms with Crippen molar-refractivity contribution in [2.75, 3.05) is 25.5 Å². The van der Waals surface area contributed by atoms with Gasteiger partial charge in [-0.25, -0.2) is 4.98 Å². The summed E-state index contributed by atoms with van der Waals surface area (Å²) >= 11 is 5.94. The molecule has 2 aromatic rings. The van der Waals surface area contributed by atoms with E-state index >= 15 is 0 Å². The molecule has 2 heterocycles. The standard InChI is InChI=1S/C20H21ClN4O3/c1-3-18(26)23-15-6-4-14(5-7-15)20(27)25-9-8-13(12-25)10-17-22-11-16(21)19(24-17)28-2/h3-7,11,13H,1,8-10,12H2,2H3,(H,23,26)/t13-/m0/s1/i11D. The molecule has 8 heteroatoms. The summed E-state index contributed by atoms with van der Waals surface area (Å²) in [5, 5.41) is 2.74. The van der Waals surface area contributed by atoms with Crippen molar-refractivity contribution in [2.45, 2.75) is 12.8 Å². The Morgan fingerprint density at radius 3 is 2.89 bits per heavy atom. The Morgan fingerprint density at radius 2 is 2.21 bits per heavy atom. The molecule has 0 spiro atoms. The van der Waals surface area contributed by atoms with E-state index in [1.54, 1.807) is 29.2 Å². The van der Waals surface area contributed by atoms with Crippen molar-refractivity contribution in [3.63, 3.8) is 0 Å². The number of methoxy groups -OCH3 is 1. The zero-order chi connectivity index (χ0) is 21.0. The summed E-state index contributed by atoms with van der Waals surface area (Å²) in [6, 6.07) is 6.75. The van der Waals surface area contributed by atoms with Crippen LogP contribution in [0.1, 0.15) is 24.0 Å². The zero-order valence-corrected chi connectivity index (χ0v) is 16.2. The molecule has 1 atom stereocenters. The molecule has 1 fully saturated rings. The van der Waals surface area contributed by atoms with Crippen molar-refractivity contribution in [3.8, 4) is 5.88 Å². The number of aromatic nitrogens is 2. The number of rotatable bonds is 6. The number of amides is 2. The minimum Gasteiger partial charge on any atom is -0.480 e. The molecular formula is C20H21ClN4O3. The van der Waals surface area contributed by atoms with E-state index in [0.29, 0.717) is 36.6 Å². The number of likely N-dealkylation sites (tertiary alicyclic amines) is 1. The van der Waals surface area contributed by atoms with Gasteiger partial charge in [-0.1, -0.05) is 18.2 Å². The fourth-order valence-electron chi connectivity index (χ4n) is 3.09. The lowest BCUT2D eigenvalue weighted by Gasteiger charge is -2.17. The summed E-state index contributed by atoms with van der Waals surface area (Å²) < 4.78 is 12.9. The molecule has 2 amide bonds. The van der Waals surface area contributed by atoms with Crippen molar-refractivity contribution in [3.05, 3.63) is 59.5 Å². The van der Waals surface area contributed by atoms with Gasteiger partial charge in [-0.05, 0) is 42.7 Å². The van der Waals surface area contributed by atoms with E-state index in [-0.39, 0.29) is 34.8 Å². The number of nitrogens with one attached hydrogen (secondary N) is 1. The number of carbonyl (C=O) groups is 2. The van der Waals surface area contributed by atoms with Gasteiger partial charge in [0.1, 0.15) is 10.8 Å². The van der Waals surface area contributed by atoms with Crippen molar-refractivity contribution in [1.29, 1.82) is 0 Å². The number of carbonyl (C=O) groups excluding carboxylic acids is 2. The van der Waals surface area contributed by atoms with Gasteiger partial charge in [0.25, 0.3) is 5.91 Å². The minimum atomic E-state index is -0.302. The first-order valence-corrected chi connectivity index (χ1v) is 9.18. The number of nitrogens with zero attached hydrogens (tertiary/aromatic N) is 3. The molecule has 1 aliphatic rings. The van der Waals surface area contributed by atoms with Gasteiger partial charge in [0, 0.05) is 30.8 Å². The van der Waals surface area contributed by atoms with Crippen molar-refractivity contribution in [1.82, 2.24) is 14.9 Å². The zero-order valence-electron chi connectivity index (χ0n) is 16.4. The van der Waals surface area contributed by atoms with Gasteiger partial charge in [-0.3, -0.25) is 9.59 Å². The Morgan fingerprint density at radius 1 is 1.46 bits per heavy atom. The third kappa shape index (κ3) is 4.67. The van der Waals surface area contributed by atoms with Crippen molar-refractivity contribution >= 4 is 29.1 Å². The molecule has 28 heavy (non-hydrogen) atoms. The molecule has 3 rings (SSSR count). The Balaban J connectivity index is 1.62. The average Bonchev–Trinajstić information content (AvgIpc) is 3.18. The molecule has 1 saturated heterocycles.